The molecule has 1 aliphatic heterocycles. The molecule has 0 saturated carbocycles. The molecule has 1 heterocycles. The standard InChI is InChI=1S/C14H23N3O8/c18-10(19)1-2-14(17(6-12(22)23)7-13(24)25)8-15-3-4-16(9-14)5-11(20)21/h15H,1-9H2,(H,18,19)(H,20,21)(H,22,23)(H,24,25). The number of carboxylic acid groups (broad SMARTS) is 4. The third kappa shape index (κ3) is 7.03. The van der Waals surface area contributed by atoms with E-state index in [1.165, 1.54) is 4.90 Å². The summed E-state index contributed by atoms with van der Waals surface area (Å²) in [4.78, 5) is 47.2. The number of nitrogens with zero attached hydrogens (tertiary/aromatic N) is 2. The Kier molecular flexibility index (Phi) is 7.74. The maximum Gasteiger partial charge on any atom is 0.317 e. The van der Waals surface area contributed by atoms with Crippen LogP contribution < -0.4 is 5.32 Å². The van der Waals surface area contributed by atoms with Crippen LogP contribution in [0.1, 0.15) is 12.8 Å². The number of hydrogen-bond donors (Lipinski definition) is 5. The molecule has 0 amide bonds. The number of rotatable bonds is 10. The molecule has 11 heteroatoms. The van der Waals surface area contributed by atoms with E-state index in [2.05, 4.69) is 5.32 Å². The zero-order valence-corrected chi connectivity index (χ0v) is 13.7. The lowest BCUT2D eigenvalue weighted by Crippen LogP contribution is -2.61. The van der Waals surface area contributed by atoms with Gasteiger partial charge in [-0.15, -0.1) is 0 Å². The summed E-state index contributed by atoms with van der Waals surface area (Å²) in [6.07, 6.45) is -0.301. The SMILES string of the molecule is O=C(O)CCC1(N(CC(=O)O)CC(=O)O)CNCCN(CC(=O)O)C1. The minimum absolute atomic E-state index is 0.00792. The van der Waals surface area contributed by atoms with Crippen LogP contribution in [-0.2, 0) is 19.2 Å². The van der Waals surface area contributed by atoms with Crippen molar-refractivity contribution in [2.24, 2.45) is 0 Å². The van der Waals surface area contributed by atoms with Gasteiger partial charge in [0.25, 0.3) is 0 Å². The van der Waals surface area contributed by atoms with E-state index in [9.17, 15) is 19.2 Å². The average Bonchev–Trinajstić information content (AvgIpc) is 2.66. The predicted molar refractivity (Wildman–Crippen MR) is 83.4 cm³/mol. The summed E-state index contributed by atoms with van der Waals surface area (Å²) in [5.74, 6) is -4.66. The Labute approximate surface area is 143 Å². The van der Waals surface area contributed by atoms with Gasteiger partial charge < -0.3 is 25.7 Å². The molecule has 0 aromatic carbocycles. The number of hydrogen-bond acceptors (Lipinski definition) is 7. The van der Waals surface area contributed by atoms with Crippen molar-refractivity contribution in [1.29, 1.82) is 0 Å². The number of carboxylic acids is 4. The van der Waals surface area contributed by atoms with Crippen LogP contribution in [0.25, 0.3) is 0 Å². The molecule has 0 bridgehead atoms. The first-order chi connectivity index (χ1) is 11.6. The summed E-state index contributed by atoms with van der Waals surface area (Å²) >= 11 is 0. The molecule has 11 nitrogen and oxygen atoms in total. The number of carbonyl (C=O) groups is 4. The quantitative estimate of drug-likeness (QED) is 0.293. The Bertz CT molecular complexity index is 510. The van der Waals surface area contributed by atoms with Gasteiger partial charge in [-0.05, 0) is 6.42 Å². The van der Waals surface area contributed by atoms with E-state index in [-0.39, 0.29) is 32.5 Å². The van der Waals surface area contributed by atoms with Crippen molar-refractivity contribution in [3.63, 3.8) is 0 Å². The topological polar surface area (TPSA) is 168 Å². The summed E-state index contributed by atoms with van der Waals surface area (Å²) < 4.78 is 0. The van der Waals surface area contributed by atoms with Gasteiger partial charge in [0.15, 0.2) is 0 Å². The first kappa shape index (κ1) is 20.8. The molecule has 1 fully saturated rings. The third-order valence-corrected chi connectivity index (χ3v) is 4.06. The van der Waals surface area contributed by atoms with Crippen LogP contribution in [0.4, 0.5) is 0 Å². The van der Waals surface area contributed by atoms with E-state index in [1.54, 1.807) is 4.90 Å². The van der Waals surface area contributed by atoms with E-state index in [1.807, 2.05) is 0 Å². The molecule has 0 radical (unpaired) electrons. The third-order valence-electron chi connectivity index (χ3n) is 4.06. The van der Waals surface area contributed by atoms with Crippen molar-refractivity contribution in [3.8, 4) is 0 Å². The highest BCUT2D eigenvalue weighted by atomic mass is 16.4. The van der Waals surface area contributed by atoms with Gasteiger partial charge in [0.2, 0.25) is 0 Å². The summed E-state index contributed by atoms with van der Waals surface area (Å²) in [5.41, 5.74) is -1.12. The zero-order chi connectivity index (χ0) is 19.0. The molecule has 1 saturated heterocycles. The fourth-order valence-corrected chi connectivity index (χ4v) is 3.03. The van der Waals surface area contributed by atoms with Crippen molar-refractivity contribution in [3.05, 3.63) is 0 Å². The zero-order valence-electron chi connectivity index (χ0n) is 13.7. The van der Waals surface area contributed by atoms with Crippen LogP contribution >= 0.6 is 0 Å². The minimum atomic E-state index is -1.25. The molecule has 5 N–H and O–H groups in total. The van der Waals surface area contributed by atoms with Gasteiger partial charge in [0.05, 0.1) is 19.6 Å². The number of nitrogens with one attached hydrogen (secondary N) is 1. The van der Waals surface area contributed by atoms with Crippen LogP contribution in [-0.4, -0.2) is 105 Å². The lowest BCUT2D eigenvalue weighted by atomic mass is 9.89. The molecule has 0 aromatic rings. The highest BCUT2D eigenvalue weighted by molar-refractivity contribution is 5.73. The molecular weight excluding hydrogens is 338 g/mol. The van der Waals surface area contributed by atoms with Gasteiger partial charge in [0.1, 0.15) is 0 Å². The van der Waals surface area contributed by atoms with Gasteiger partial charge >= 0.3 is 23.9 Å². The predicted octanol–water partition coefficient (Wildman–Crippen LogP) is -1.95. The molecular formula is C14H23N3O8. The van der Waals surface area contributed by atoms with E-state index in [4.69, 9.17) is 20.4 Å². The van der Waals surface area contributed by atoms with Crippen LogP contribution in [0.3, 0.4) is 0 Å². The van der Waals surface area contributed by atoms with Crippen LogP contribution in [0.15, 0.2) is 0 Å². The van der Waals surface area contributed by atoms with E-state index < -0.39 is 42.5 Å². The molecule has 0 aromatic heterocycles. The fourth-order valence-electron chi connectivity index (χ4n) is 3.03. The van der Waals surface area contributed by atoms with Crippen molar-refractivity contribution in [1.82, 2.24) is 15.1 Å². The molecule has 25 heavy (non-hydrogen) atoms. The van der Waals surface area contributed by atoms with Gasteiger partial charge in [-0.25, -0.2) is 0 Å². The Morgan fingerprint density at radius 1 is 0.960 bits per heavy atom. The molecule has 0 spiro atoms. The minimum Gasteiger partial charge on any atom is -0.481 e. The highest BCUT2D eigenvalue weighted by Crippen LogP contribution is 2.25. The average molecular weight is 361 g/mol. The monoisotopic (exact) mass is 361 g/mol. The molecule has 1 rings (SSSR count). The summed E-state index contributed by atoms with van der Waals surface area (Å²) in [6, 6.07) is 0. The Hall–Kier alpha value is -2.24. The van der Waals surface area contributed by atoms with Gasteiger partial charge in [-0.1, -0.05) is 0 Å². The lowest BCUT2D eigenvalue weighted by Gasteiger charge is -2.43. The molecule has 1 aliphatic rings. The van der Waals surface area contributed by atoms with E-state index in [0.29, 0.717) is 13.1 Å². The number of aliphatic carboxylic acids is 4. The molecule has 142 valence electrons. The first-order valence-electron chi connectivity index (χ1n) is 7.70. The first-order valence-corrected chi connectivity index (χ1v) is 7.70. The second-order valence-electron chi connectivity index (χ2n) is 6.04. The van der Waals surface area contributed by atoms with Crippen molar-refractivity contribution in [2.75, 3.05) is 45.8 Å². The Morgan fingerprint density at radius 2 is 1.56 bits per heavy atom. The summed E-state index contributed by atoms with van der Waals surface area (Å²) in [7, 11) is 0. The van der Waals surface area contributed by atoms with Crippen LogP contribution in [0, 0.1) is 0 Å². The van der Waals surface area contributed by atoms with Crippen molar-refractivity contribution in [2.45, 2.75) is 18.4 Å². The van der Waals surface area contributed by atoms with Gasteiger partial charge in [0, 0.05) is 38.1 Å². The summed E-state index contributed by atoms with van der Waals surface area (Å²) in [5, 5.41) is 39.3. The summed E-state index contributed by atoms with van der Waals surface area (Å²) in [6.45, 7) is -0.463. The van der Waals surface area contributed by atoms with Crippen LogP contribution in [0.5, 0.6) is 0 Å². The second-order valence-corrected chi connectivity index (χ2v) is 6.04. The molecule has 1 unspecified atom stereocenters. The van der Waals surface area contributed by atoms with Crippen molar-refractivity contribution >= 4 is 23.9 Å². The van der Waals surface area contributed by atoms with E-state index in [0.717, 1.165) is 0 Å². The maximum atomic E-state index is 11.2. The van der Waals surface area contributed by atoms with Gasteiger partial charge in [-0.2, -0.15) is 0 Å². The Morgan fingerprint density at radius 3 is 2.04 bits per heavy atom. The fraction of sp³-hybridized carbons (Fsp3) is 0.714. The van der Waals surface area contributed by atoms with E-state index >= 15 is 0 Å². The normalized spacial score (nSPS) is 21.6. The molecule has 1 atom stereocenters. The van der Waals surface area contributed by atoms with Gasteiger partial charge in [-0.3, -0.25) is 29.0 Å². The highest BCUT2D eigenvalue weighted by Gasteiger charge is 2.41. The molecule has 0 aliphatic carbocycles. The van der Waals surface area contributed by atoms with Crippen LogP contribution in [0.2, 0.25) is 0 Å². The maximum absolute atomic E-state index is 11.2. The smallest absolute Gasteiger partial charge is 0.317 e. The second kappa shape index (κ2) is 9.30. The lowest BCUT2D eigenvalue weighted by molar-refractivity contribution is -0.147. The van der Waals surface area contributed by atoms with Crippen molar-refractivity contribution < 1.29 is 39.6 Å². The largest absolute Gasteiger partial charge is 0.481 e. The Balaban J connectivity index is 3.17.